The molecule has 1 aliphatic heterocycles. The van der Waals surface area contributed by atoms with Crippen LogP contribution in [-0.2, 0) is 16.6 Å². The summed E-state index contributed by atoms with van der Waals surface area (Å²) < 4.78 is 41.8. The van der Waals surface area contributed by atoms with Crippen molar-refractivity contribution in [3.05, 3.63) is 71.5 Å². The Labute approximate surface area is 142 Å². The van der Waals surface area contributed by atoms with Gasteiger partial charge < -0.3 is 0 Å². The third kappa shape index (κ3) is 2.76. The highest BCUT2D eigenvalue weighted by atomic mass is 32.2. The Balaban J connectivity index is 1.70. The highest BCUT2D eigenvalue weighted by molar-refractivity contribution is 7.89. The summed E-state index contributed by atoms with van der Waals surface area (Å²) in [6.45, 7) is 0.618. The Hall–Kier alpha value is -1.72. The number of sulfonamides is 1. The van der Waals surface area contributed by atoms with Crippen LogP contribution in [0.4, 0.5) is 4.39 Å². The Morgan fingerprint density at radius 2 is 1.71 bits per heavy atom. The summed E-state index contributed by atoms with van der Waals surface area (Å²) in [4.78, 5) is 0. The zero-order chi connectivity index (χ0) is 16.8. The van der Waals surface area contributed by atoms with Gasteiger partial charge in [-0.3, -0.25) is 0 Å². The topological polar surface area (TPSA) is 37.4 Å². The number of rotatable bonds is 3. The molecule has 0 bridgehead atoms. The van der Waals surface area contributed by atoms with Crippen molar-refractivity contribution in [2.45, 2.75) is 31.1 Å². The van der Waals surface area contributed by atoms with Gasteiger partial charge in [-0.25, -0.2) is 12.8 Å². The van der Waals surface area contributed by atoms with E-state index >= 15 is 0 Å². The van der Waals surface area contributed by atoms with Crippen molar-refractivity contribution in [1.82, 2.24) is 4.31 Å². The second-order valence-electron chi connectivity index (χ2n) is 7.01. The third-order valence-corrected chi connectivity index (χ3v) is 7.42. The molecule has 1 unspecified atom stereocenters. The molecular weight excluding hydrogens is 325 g/mol. The van der Waals surface area contributed by atoms with Crippen LogP contribution in [0.5, 0.6) is 0 Å². The molecule has 1 aliphatic carbocycles. The first kappa shape index (κ1) is 15.8. The van der Waals surface area contributed by atoms with E-state index in [0.717, 1.165) is 18.4 Å². The summed E-state index contributed by atoms with van der Waals surface area (Å²) in [6.07, 6.45) is 2.78. The van der Waals surface area contributed by atoms with Gasteiger partial charge in [0.1, 0.15) is 11.1 Å². The maximum atomic E-state index is 14.0. The van der Waals surface area contributed by atoms with Gasteiger partial charge in [0.05, 0.1) is 0 Å². The van der Waals surface area contributed by atoms with E-state index in [2.05, 4.69) is 0 Å². The molecule has 2 fully saturated rings. The van der Waals surface area contributed by atoms with E-state index in [4.69, 9.17) is 0 Å². The van der Waals surface area contributed by atoms with E-state index in [9.17, 15) is 12.8 Å². The maximum Gasteiger partial charge on any atom is 0.221 e. The fraction of sp³-hybridized carbons (Fsp3) is 0.368. The normalized spacial score (nSPS) is 24.8. The van der Waals surface area contributed by atoms with Crippen molar-refractivity contribution in [2.24, 2.45) is 5.41 Å². The summed E-state index contributed by atoms with van der Waals surface area (Å²) in [5.41, 5.74) is 1.35. The minimum absolute atomic E-state index is 0.0804. The molecule has 1 saturated heterocycles. The lowest BCUT2D eigenvalue weighted by Crippen LogP contribution is -2.44. The Kier molecular flexibility index (Phi) is 3.73. The molecule has 0 N–H and O–H groups in total. The molecule has 0 aromatic heterocycles. The molecule has 5 heteroatoms. The van der Waals surface area contributed by atoms with Crippen LogP contribution in [0.3, 0.4) is 0 Å². The lowest BCUT2D eigenvalue weighted by Gasteiger charge is -2.38. The third-order valence-electron chi connectivity index (χ3n) is 5.28. The van der Waals surface area contributed by atoms with Crippen LogP contribution in [0.15, 0.2) is 54.6 Å². The molecule has 2 aromatic carbocycles. The number of nitrogens with zero attached hydrogens (tertiary/aromatic N) is 1. The number of hydrogen-bond acceptors (Lipinski definition) is 2. The van der Waals surface area contributed by atoms with E-state index < -0.39 is 15.3 Å². The van der Waals surface area contributed by atoms with E-state index in [1.54, 1.807) is 18.2 Å². The van der Waals surface area contributed by atoms with E-state index in [1.165, 1.54) is 10.4 Å². The molecular formula is C19H20FNO2S. The van der Waals surface area contributed by atoms with Gasteiger partial charge >= 0.3 is 0 Å². The van der Waals surface area contributed by atoms with Crippen LogP contribution in [0.25, 0.3) is 0 Å². The zero-order valence-electron chi connectivity index (χ0n) is 13.4. The van der Waals surface area contributed by atoms with Crippen LogP contribution < -0.4 is 0 Å². The molecule has 2 aliphatic rings. The minimum Gasteiger partial charge on any atom is -0.212 e. The van der Waals surface area contributed by atoms with Gasteiger partial charge in [0, 0.05) is 18.7 Å². The van der Waals surface area contributed by atoms with Crippen LogP contribution in [0, 0.1) is 11.2 Å². The van der Waals surface area contributed by atoms with Gasteiger partial charge in [0.2, 0.25) is 10.0 Å². The fourth-order valence-corrected chi connectivity index (χ4v) is 5.86. The molecule has 4 rings (SSSR count). The van der Waals surface area contributed by atoms with Crippen molar-refractivity contribution in [3.63, 3.8) is 0 Å². The molecule has 1 spiro atoms. The smallest absolute Gasteiger partial charge is 0.212 e. The van der Waals surface area contributed by atoms with Crippen molar-refractivity contribution >= 4 is 10.0 Å². The van der Waals surface area contributed by atoms with Gasteiger partial charge in [0.25, 0.3) is 0 Å². The maximum absolute atomic E-state index is 14.0. The van der Waals surface area contributed by atoms with Gasteiger partial charge in [-0.05, 0) is 36.3 Å². The molecule has 1 atom stereocenters. The number of benzene rings is 2. The lowest BCUT2D eigenvalue weighted by atomic mass is 9.95. The number of hydrogen-bond donors (Lipinski definition) is 0. The molecule has 24 heavy (non-hydrogen) atoms. The summed E-state index contributed by atoms with van der Waals surface area (Å²) in [5.74, 6) is -0.348. The summed E-state index contributed by atoms with van der Waals surface area (Å²) >= 11 is 0. The Morgan fingerprint density at radius 1 is 1.04 bits per heavy atom. The fourth-order valence-electron chi connectivity index (χ4n) is 3.67. The first-order chi connectivity index (χ1) is 11.5. The first-order valence-corrected chi connectivity index (χ1v) is 9.78. The zero-order valence-corrected chi connectivity index (χ0v) is 14.2. The van der Waals surface area contributed by atoms with Crippen molar-refractivity contribution in [3.8, 4) is 0 Å². The van der Waals surface area contributed by atoms with Gasteiger partial charge in [-0.1, -0.05) is 48.5 Å². The first-order valence-electron chi connectivity index (χ1n) is 8.28. The molecule has 126 valence electrons. The van der Waals surface area contributed by atoms with Gasteiger partial charge in [-0.15, -0.1) is 0 Å². The van der Waals surface area contributed by atoms with Gasteiger partial charge in [0.15, 0.2) is 0 Å². The van der Waals surface area contributed by atoms with Crippen molar-refractivity contribution in [2.75, 3.05) is 6.54 Å². The molecule has 0 amide bonds. The molecule has 2 aromatic rings. The minimum atomic E-state index is -3.50. The van der Waals surface area contributed by atoms with Crippen molar-refractivity contribution < 1.29 is 12.8 Å². The lowest BCUT2D eigenvalue weighted by molar-refractivity contribution is 0.268. The van der Waals surface area contributed by atoms with Crippen LogP contribution in [-0.4, -0.2) is 19.3 Å². The van der Waals surface area contributed by atoms with Crippen molar-refractivity contribution in [1.29, 1.82) is 0 Å². The SMILES string of the molecule is O=S1(=O)C(c2ccccc2)CC2(CC2)CN1Cc1ccccc1F. The molecule has 3 nitrogen and oxygen atoms in total. The summed E-state index contributed by atoms with van der Waals surface area (Å²) in [5, 5.41) is -0.526. The monoisotopic (exact) mass is 345 g/mol. The highest BCUT2D eigenvalue weighted by Gasteiger charge is 2.54. The van der Waals surface area contributed by atoms with Crippen LogP contribution >= 0.6 is 0 Å². The largest absolute Gasteiger partial charge is 0.221 e. The quantitative estimate of drug-likeness (QED) is 0.846. The Morgan fingerprint density at radius 3 is 2.38 bits per heavy atom. The molecule has 0 radical (unpaired) electrons. The average molecular weight is 345 g/mol. The van der Waals surface area contributed by atoms with Crippen LogP contribution in [0.2, 0.25) is 0 Å². The average Bonchev–Trinajstić information content (AvgIpc) is 3.33. The number of halogens is 1. The molecule has 1 saturated carbocycles. The predicted molar refractivity (Wildman–Crippen MR) is 91.2 cm³/mol. The van der Waals surface area contributed by atoms with E-state index in [-0.39, 0.29) is 17.8 Å². The standard InChI is InChI=1S/C19H20FNO2S/c20-17-9-5-4-8-16(17)13-21-14-19(10-11-19)12-18(24(21,22)23)15-6-2-1-3-7-15/h1-9,18H,10-14H2. The summed E-state index contributed by atoms with van der Waals surface area (Å²) in [6, 6.07) is 15.8. The second kappa shape index (κ2) is 5.67. The van der Waals surface area contributed by atoms with Crippen LogP contribution in [0.1, 0.15) is 35.6 Å². The second-order valence-corrected chi connectivity index (χ2v) is 9.12. The molecule has 1 heterocycles. The predicted octanol–water partition coefficient (Wildman–Crippen LogP) is 3.88. The van der Waals surface area contributed by atoms with E-state index in [0.29, 0.717) is 18.5 Å². The van der Waals surface area contributed by atoms with E-state index in [1.807, 2.05) is 30.3 Å². The highest BCUT2D eigenvalue weighted by Crippen LogP contribution is 2.57. The summed E-state index contributed by atoms with van der Waals surface area (Å²) in [7, 11) is -3.50. The Bertz CT molecular complexity index is 847. The van der Waals surface area contributed by atoms with Gasteiger partial charge in [-0.2, -0.15) is 4.31 Å².